The number of hydrogen-bond donors (Lipinski definition) is 2. The molecule has 1 heterocycles. The predicted octanol–water partition coefficient (Wildman–Crippen LogP) is 2.81. The van der Waals surface area contributed by atoms with Gasteiger partial charge in [-0.2, -0.15) is 0 Å². The highest BCUT2D eigenvalue weighted by Gasteiger charge is 2.11. The lowest BCUT2D eigenvalue weighted by Gasteiger charge is -2.08. The van der Waals surface area contributed by atoms with Crippen molar-refractivity contribution < 1.29 is 23.1 Å². The third-order valence-electron chi connectivity index (χ3n) is 2.48. The van der Waals surface area contributed by atoms with Crippen molar-refractivity contribution in [3.63, 3.8) is 0 Å². The first-order valence-electron chi connectivity index (χ1n) is 5.55. The molecule has 1 aromatic carbocycles. The van der Waals surface area contributed by atoms with Gasteiger partial charge in [-0.15, -0.1) is 0 Å². The van der Waals surface area contributed by atoms with E-state index in [9.17, 15) is 18.0 Å². The molecule has 0 aliphatic heterocycles. The van der Waals surface area contributed by atoms with Gasteiger partial charge in [0.25, 0.3) is 0 Å². The number of carboxylic acid groups (broad SMARTS) is 1. The summed E-state index contributed by atoms with van der Waals surface area (Å²) in [5.74, 6) is -4.63. The van der Waals surface area contributed by atoms with Gasteiger partial charge in [-0.3, -0.25) is 0 Å². The molecule has 0 saturated carbocycles. The van der Waals surface area contributed by atoms with Crippen LogP contribution in [0.5, 0.6) is 0 Å². The number of rotatable bonds is 4. The molecule has 2 aromatic rings. The molecule has 0 unspecified atom stereocenters. The van der Waals surface area contributed by atoms with Crippen molar-refractivity contribution in [2.75, 3.05) is 5.32 Å². The van der Waals surface area contributed by atoms with Gasteiger partial charge in [-0.05, 0) is 12.1 Å². The molecule has 7 heteroatoms. The number of nitrogens with one attached hydrogen (secondary N) is 1. The fourth-order valence-electron chi connectivity index (χ4n) is 1.57. The minimum absolute atomic E-state index is 0.0685. The molecule has 0 fully saturated rings. The highest BCUT2D eigenvalue weighted by atomic mass is 19.2. The van der Waals surface area contributed by atoms with Gasteiger partial charge in [0.2, 0.25) is 0 Å². The van der Waals surface area contributed by atoms with Crippen molar-refractivity contribution in [3.05, 3.63) is 59.2 Å². The quantitative estimate of drug-likeness (QED) is 0.846. The van der Waals surface area contributed by atoms with Crippen LogP contribution >= 0.6 is 0 Å². The molecule has 0 aliphatic carbocycles. The first-order chi connectivity index (χ1) is 9.47. The van der Waals surface area contributed by atoms with E-state index in [0.29, 0.717) is 11.8 Å². The first-order valence-corrected chi connectivity index (χ1v) is 5.55. The van der Waals surface area contributed by atoms with Gasteiger partial charge in [0.15, 0.2) is 11.6 Å². The summed E-state index contributed by atoms with van der Waals surface area (Å²) < 4.78 is 39.3. The molecule has 0 bridgehead atoms. The lowest BCUT2D eigenvalue weighted by Crippen LogP contribution is -2.08. The van der Waals surface area contributed by atoms with Crippen molar-refractivity contribution >= 4 is 11.7 Å². The smallest absolute Gasteiger partial charge is 0.354 e. The Kier molecular flexibility index (Phi) is 3.88. The molecule has 20 heavy (non-hydrogen) atoms. The van der Waals surface area contributed by atoms with Gasteiger partial charge < -0.3 is 10.4 Å². The van der Waals surface area contributed by atoms with E-state index < -0.39 is 23.4 Å². The topological polar surface area (TPSA) is 62.2 Å². The second-order valence-electron chi connectivity index (χ2n) is 3.92. The molecule has 0 saturated heterocycles. The second kappa shape index (κ2) is 5.60. The monoisotopic (exact) mass is 282 g/mol. The average molecular weight is 282 g/mol. The molecule has 104 valence electrons. The van der Waals surface area contributed by atoms with Crippen LogP contribution in [0.4, 0.5) is 18.9 Å². The van der Waals surface area contributed by atoms with Crippen molar-refractivity contribution in [1.29, 1.82) is 0 Å². The third-order valence-corrected chi connectivity index (χ3v) is 2.48. The molecule has 0 atom stereocenters. The van der Waals surface area contributed by atoms with Gasteiger partial charge in [-0.25, -0.2) is 22.9 Å². The lowest BCUT2D eigenvalue weighted by molar-refractivity contribution is 0.0690. The molecule has 0 aliphatic rings. The number of nitrogens with zero attached hydrogens (tertiary/aromatic N) is 1. The molecule has 2 rings (SSSR count). The number of benzene rings is 1. The average Bonchev–Trinajstić information content (AvgIpc) is 2.41. The zero-order chi connectivity index (χ0) is 14.7. The van der Waals surface area contributed by atoms with E-state index in [4.69, 9.17) is 5.11 Å². The molecule has 1 aromatic heterocycles. The Balaban J connectivity index is 2.17. The molecule has 2 N–H and O–H groups in total. The van der Waals surface area contributed by atoms with E-state index in [1.165, 1.54) is 18.2 Å². The Bertz CT molecular complexity index is 662. The lowest BCUT2D eigenvalue weighted by atomic mass is 10.2. The zero-order valence-electron chi connectivity index (χ0n) is 10.0. The van der Waals surface area contributed by atoms with E-state index in [2.05, 4.69) is 10.3 Å². The maximum atomic E-state index is 13.4. The molecular weight excluding hydrogens is 273 g/mol. The van der Waals surface area contributed by atoms with Crippen LogP contribution < -0.4 is 5.32 Å². The number of anilines is 1. The van der Waals surface area contributed by atoms with Crippen molar-refractivity contribution in [3.8, 4) is 0 Å². The summed E-state index contributed by atoms with van der Waals surface area (Å²) in [5.41, 5.74) is -0.228. The van der Waals surface area contributed by atoms with Gasteiger partial charge in [0, 0.05) is 12.1 Å². The van der Waals surface area contributed by atoms with Crippen LogP contribution in [0.1, 0.15) is 16.2 Å². The van der Waals surface area contributed by atoms with E-state index in [1.807, 2.05) is 0 Å². The number of aromatic carboxylic acids is 1. The molecule has 0 radical (unpaired) electrons. The van der Waals surface area contributed by atoms with Gasteiger partial charge >= 0.3 is 5.97 Å². The van der Waals surface area contributed by atoms with Gasteiger partial charge in [-0.1, -0.05) is 6.07 Å². The summed E-state index contributed by atoms with van der Waals surface area (Å²) in [6.07, 6.45) is 0. The Morgan fingerprint density at radius 1 is 1.25 bits per heavy atom. The number of pyridine rings is 1. The largest absolute Gasteiger partial charge is 0.477 e. The van der Waals surface area contributed by atoms with Gasteiger partial charge in [0.05, 0.1) is 17.9 Å². The normalized spacial score (nSPS) is 10.3. The summed E-state index contributed by atoms with van der Waals surface area (Å²) in [7, 11) is 0. The fourth-order valence-corrected chi connectivity index (χ4v) is 1.57. The number of hydrogen-bond acceptors (Lipinski definition) is 3. The Morgan fingerprint density at radius 2 is 2.00 bits per heavy atom. The highest BCUT2D eigenvalue weighted by Crippen LogP contribution is 2.19. The standard InChI is InChI=1S/C13H9F3N2O2/c14-7-4-9(15)12(16)11(5-7)17-6-8-2-1-3-10(18-8)13(19)20/h1-5,17H,6H2,(H,19,20). The van der Waals surface area contributed by atoms with Crippen LogP contribution in [0.2, 0.25) is 0 Å². The van der Waals surface area contributed by atoms with E-state index in [0.717, 1.165) is 6.07 Å². The minimum Gasteiger partial charge on any atom is -0.477 e. The van der Waals surface area contributed by atoms with Crippen LogP contribution in [0.3, 0.4) is 0 Å². The predicted molar refractivity (Wildman–Crippen MR) is 64.8 cm³/mol. The molecular formula is C13H9F3N2O2. The van der Waals surface area contributed by atoms with Crippen molar-refractivity contribution in [1.82, 2.24) is 4.98 Å². The summed E-state index contributed by atoms with van der Waals surface area (Å²) in [6.45, 7) is -0.0685. The fraction of sp³-hybridized carbons (Fsp3) is 0.0769. The van der Waals surface area contributed by atoms with Crippen LogP contribution in [-0.4, -0.2) is 16.1 Å². The van der Waals surface area contributed by atoms with Crippen LogP contribution in [0.25, 0.3) is 0 Å². The Hall–Kier alpha value is -2.57. The van der Waals surface area contributed by atoms with Crippen LogP contribution in [0.15, 0.2) is 30.3 Å². The van der Waals surface area contributed by atoms with E-state index in [-0.39, 0.29) is 17.9 Å². The zero-order valence-corrected chi connectivity index (χ0v) is 10.0. The van der Waals surface area contributed by atoms with E-state index in [1.54, 1.807) is 0 Å². The Labute approximate surface area is 111 Å². The third kappa shape index (κ3) is 3.05. The number of halogens is 3. The SMILES string of the molecule is O=C(O)c1cccc(CNc2cc(F)cc(F)c2F)n1. The number of carbonyl (C=O) groups is 1. The maximum Gasteiger partial charge on any atom is 0.354 e. The summed E-state index contributed by atoms with van der Waals surface area (Å²) in [4.78, 5) is 14.5. The van der Waals surface area contributed by atoms with Crippen LogP contribution in [-0.2, 0) is 6.54 Å². The first kappa shape index (κ1) is 13.9. The van der Waals surface area contributed by atoms with Crippen LogP contribution in [0, 0.1) is 17.5 Å². The number of aromatic nitrogens is 1. The maximum absolute atomic E-state index is 13.4. The molecule has 0 amide bonds. The number of carboxylic acids is 1. The minimum atomic E-state index is -1.31. The van der Waals surface area contributed by atoms with Crippen molar-refractivity contribution in [2.24, 2.45) is 0 Å². The second-order valence-corrected chi connectivity index (χ2v) is 3.92. The van der Waals surface area contributed by atoms with Crippen molar-refractivity contribution in [2.45, 2.75) is 6.54 Å². The summed E-state index contributed by atoms with van der Waals surface area (Å²) >= 11 is 0. The summed E-state index contributed by atoms with van der Waals surface area (Å²) in [5, 5.41) is 11.2. The highest BCUT2D eigenvalue weighted by molar-refractivity contribution is 5.85. The summed E-state index contributed by atoms with van der Waals surface area (Å²) in [6, 6.07) is 5.51. The van der Waals surface area contributed by atoms with Gasteiger partial charge in [0.1, 0.15) is 11.5 Å². The molecule has 0 spiro atoms. The molecule has 4 nitrogen and oxygen atoms in total. The van der Waals surface area contributed by atoms with E-state index >= 15 is 0 Å². The Morgan fingerprint density at radius 3 is 2.70 bits per heavy atom.